The Kier molecular flexibility index (Phi) is 4.30. The van der Waals surface area contributed by atoms with E-state index in [4.69, 9.17) is 9.47 Å². The van der Waals surface area contributed by atoms with Gasteiger partial charge >= 0.3 is 6.09 Å². The Hall–Kier alpha value is -1.88. The molecule has 1 heterocycles. The largest absolute Gasteiger partial charge is 0.445 e. The molecule has 1 aliphatic rings. The lowest BCUT2D eigenvalue weighted by atomic mass is 10.2. The summed E-state index contributed by atoms with van der Waals surface area (Å²) in [6, 6.07) is 9.46. The zero-order chi connectivity index (χ0) is 12.8. The van der Waals surface area contributed by atoms with Gasteiger partial charge in [-0.3, -0.25) is 0 Å². The van der Waals surface area contributed by atoms with Crippen LogP contribution in [0.4, 0.5) is 4.79 Å². The molecule has 0 aliphatic carbocycles. The summed E-state index contributed by atoms with van der Waals surface area (Å²) in [5.41, 5.74) is 0.936. The first kappa shape index (κ1) is 12.6. The molecule has 0 aromatic heterocycles. The maximum atomic E-state index is 11.8. The second kappa shape index (κ2) is 6.16. The minimum Gasteiger partial charge on any atom is -0.445 e. The van der Waals surface area contributed by atoms with Crippen molar-refractivity contribution in [2.45, 2.75) is 12.7 Å². The monoisotopic (exact) mass is 249 g/mol. The van der Waals surface area contributed by atoms with Gasteiger partial charge in [-0.15, -0.1) is 0 Å². The molecule has 0 N–H and O–H groups in total. The first-order valence-electron chi connectivity index (χ1n) is 5.82. The van der Waals surface area contributed by atoms with Gasteiger partial charge < -0.3 is 19.2 Å². The van der Waals surface area contributed by atoms with Crippen LogP contribution in [0.2, 0.25) is 0 Å². The second-order valence-electron chi connectivity index (χ2n) is 4.03. The number of hydrogen-bond donors (Lipinski definition) is 0. The van der Waals surface area contributed by atoms with E-state index in [0.717, 1.165) is 5.56 Å². The van der Waals surface area contributed by atoms with Crippen molar-refractivity contribution in [3.63, 3.8) is 0 Å². The third kappa shape index (κ3) is 3.30. The fourth-order valence-corrected chi connectivity index (χ4v) is 1.73. The molecule has 18 heavy (non-hydrogen) atoms. The summed E-state index contributed by atoms with van der Waals surface area (Å²) in [7, 11) is 0. The highest BCUT2D eigenvalue weighted by atomic mass is 16.6. The van der Waals surface area contributed by atoms with Crippen molar-refractivity contribution < 1.29 is 19.1 Å². The van der Waals surface area contributed by atoms with Crippen molar-refractivity contribution >= 4 is 12.4 Å². The number of ether oxygens (including phenoxy) is 2. The Morgan fingerprint density at radius 2 is 2.22 bits per heavy atom. The quantitative estimate of drug-likeness (QED) is 0.756. The van der Waals surface area contributed by atoms with E-state index in [1.165, 1.54) is 4.90 Å². The predicted molar refractivity (Wildman–Crippen MR) is 64.0 cm³/mol. The Bertz CT molecular complexity index is 407. The molecular weight excluding hydrogens is 234 g/mol. The van der Waals surface area contributed by atoms with Gasteiger partial charge in [0, 0.05) is 6.54 Å². The summed E-state index contributed by atoms with van der Waals surface area (Å²) >= 11 is 0. The molecule has 1 saturated heterocycles. The van der Waals surface area contributed by atoms with Crippen LogP contribution in [-0.2, 0) is 20.9 Å². The van der Waals surface area contributed by atoms with Crippen molar-refractivity contribution in [1.29, 1.82) is 0 Å². The molecule has 1 fully saturated rings. The van der Waals surface area contributed by atoms with Crippen LogP contribution in [0.15, 0.2) is 30.3 Å². The van der Waals surface area contributed by atoms with Crippen LogP contribution in [0.1, 0.15) is 5.56 Å². The van der Waals surface area contributed by atoms with Gasteiger partial charge in [-0.2, -0.15) is 0 Å². The van der Waals surface area contributed by atoms with E-state index in [0.29, 0.717) is 19.4 Å². The third-order valence-corrected chi connectivity index (χ3v) is 2.71. The standard InChI is InChI=1S/C13H15NO4/c15-9-12-8-14(6-7-17-12)13(16)18-10-11-4-2-1-3-5-11/h1-5,9,12H,6-8,10H2/t12-/m0/s1. The molecule has 2 rings (SSSR count). The lowest BCUT2D eigenvalue weighted by molar-refractivity contribution is -0.122. The van der Waals surface area contributed by atoms with E-state index in [-0.39, 0.29) is 13.2 Å². The van der Waals surface area contributed by atoms with E-state index in [9.17, 15) is 9.59 Å². The van der Waals surface area contributed by atoms with Gasteiger partial charge in [0.25, 0.3) is 0 Å². The highest BCUT2D eigenvalue weighted by Gasteiger charge is 2.24. The molecule has 96 valence electrons. The van der Waals surface area contributed by atoms with Gasteiger partial charge in [-0.25, -0.2) is 4.79 Å². The average Bonchev–Trinajstić information content (AvgIpc) is 2.46. The Morgan fingerprint density at radius 3 is 2.94 bits per heavy atom. The number of carbonyl (C=O) groups is 2. The molecule has 5 nitrogen and oxygen atoms in total. The lowest BCUT2D eigenvalue weighted by Gasteiger charge is -2.29. The Morgan fingerprint density at radius 1 is 1.44 bits per heavy atom. The number of morpholine rings is 1. The molecule has 0 unspecified atom stereocenters. The Labute approximate surface area is 105 Å². The van der Waals surface area contributed by atoms with E-state index in [2.05, 4.69) is 0 Å². The highest BCUT2D eigenvalue weighted by molar-refractivity contribution is 5.69. The predicted octanol–water partition coefficient (Wildman–Crippen LogP) is 1.22. The number of hydrogen-bond acceptors (Lipinski definition) is 4. The van der Waals surface area contributed by atoms with Crippen LogP contribution in [-0.4, -0.2) is 43.1 Å². The fraction of sp³-hybridized carbons (Fsp3) is 0.385. The topological polar surface area (TPSA) is 55.8 Å². The van der Waals surface area contributed by atoms with Gasteiger partial charge in [-0.05, 0) is 5.56 Å². The minimum absolute atomic E-state index is 0.239. The van der Waals surface area contributed by atoms with Crippen LogP contribution in [0.3, 0.4) is 0 Å². The van der Waals surface area contributed by atoms with Crippen LogP contribution < -0.4 is 0 Å². The molecule has 1 atom stereocenters. The molecule has 1 aromatic carbocycles. The van der Waals surface area contributed by atoms with Gasteiger partial charge in [0.2, 0.25) is 0 Å². The summed E-state index contributed by atoms with van der Waals surface area (Å²) < 4.78 is 10.3. The smallest absolute Gasteiger partial charge is 0.410 e. The van der Waals surface area contributed by atoms with Crippen molar-refractivity contribution in [3.8, 4) is 0 Å². The van der Waals surface area contributed by atoms with Crippen LogP contribution in [0, 0.1) is 0 Å². The second-order valence-corrected chi connectivity index (χ2v) is 4.03. The summed E-state index contributed by atoms with van der Waals surface area (Å²) in [5.74, 6) is 0. The molecule has 0 radical (unpaired) electrons. The van der Waals surface area contributed by atoms with E-state index < -0.39 is 12.2 Å². The first-order valence-corrected chi connectivity index (χ1v) is 5.82. The molecule has 0 saturated carbocycles. The fourth-order valence-electron chi connectivity index (χ4n) is 1.73. The summed E-state index contributed by atoms with van der Waals surface area (Å²) in [4.78, 5) is 23.9. The minimum atomic E-state index is -0.539. The highest BCUT2D eigenvalue weighted by Crippen LogP contribution is 2.07. The average molecular weight is 249 g/mol. The Balaban J connectivity index is 1.82. The van der Waals surface area contributed by atoms with Gasteiger partial charge in [0.05, 0.1) is 13.2 Å². The van der Waals surface area contributed by atoms with Crippen molar-refractivity contribution in [1.82, 2.24) is 4.90 Å². The third-order valence-electron chi connectivity index (χ3n) is 2.71. The summed E-state index contributed by atoms with van der Waals surface area (Å²) in [6.07, 6.45) is -0.242. The van der Waals surface area contributed by atoms with Gasteiger partial charge in [0.15, 0.2) is 6.29 Å². The van der Waals surface area contributed by atoms with Gasteiger partial charge in [-0.1, -0.05) is 30.3 Å². The van der Waals surface area contributed by atoms with E-state index in [1.807, 2.05) is 30.3 Å². The SMILES string of the molecule is O=C[C@@H]1CN(C(=O)OCc2ccccc2)CCO1. The number of amides is 1. The molecule has 1 amide bonds. The number of benzene rings is 1. The van der Waals surface area contributed by atoms with Crippen molar-refractivity contribution in [3.05, 3.63) is 35.9 Å². The molecule has 1 aliphatic heterocycles. The number of nitrogens with zero attached hydrogens (tertiary/aromatic N) is 1. The number of rotatable bonds is 3. The zero-order valence-corrected chi connectivity index (χ0v) is 9.95. The number of aldehydes is 1. The maximum Gasteiger partial charge on any atom is 0.410 e. The first-order chi connectivity index (χ1) is 8.79. The molecule has 1 aromatic rings. The van der Waals surface area contributed by atoms with Crippen LogP contribution in [0.5, 0.6) is 0 Å². The summed E-state index contributed by atoms with van der Waals surface area (Å²) in [5, 5.41) is 0. The normalized spacial score (nSPS) is 19.3. The van der Waals surface area contributed by atoms with Crippen molar-refractivity contribution in [2.75, 3.05) is 19.7 Å². The lowest BCUT2D eigenvalue weighted by Crippen LogP contribution is -2.46. The van der Waals surface area contributed by atoms with Crippen LogP contribution >= 0.6 is 0 Å². The molecule has 0 bridgehead atoms. The van der Waals surface area contributed by atoms with E-state index >= 15 is 0 Å². The van der Waals surface area contributed by atoms with E-state index in [1.54, 1.807) is 0 Å². The molecular formula is C13H15NO4. The maximum absolute atomic E-state index is 11.8. The van der Waals surface area contributed by atoms with Crippen LogP contribution in [0.25, 0.3) is 0 Å². The summed E-state index contributed by atoms with van der Waals surface area (Å²) in [6.45, 7) is 1.32. The molecule has 0 spiro atoms. The number of carbonyl (C=O) groups excluding carboxylic acids is 2. The van der Waals surface area contributed by atoms with Gasteiger partial charge in [0.1, 0.15) is 12.7 Å². The molecule has 5 heteroatoms. The zero-order valence-electron chi connectivity index (χ0n) is 9.95. The van der Waals surface area contributed by atoms with Crippen molar-refractivity contribution in [2.24, 2.45) is 0 Å².